The largest absolute Gasteiger partial charge is 0.461 e. The summed E-state index contributed by atoms with van der Waals surface area (Å²) in [6, 6.07) is 16.7. The van der Waals surface area contributed by atoms with Crippen LogP contribution in [-0.2, 0) is 28.4 Å². The van der Waals surface area contributed by atoms with Gasteiger partial charge in [0.25, 0.3) is 0 Å². The Balaban J connectivity index is 1.13. The van der Waals surface area contributed by atoms with E-state index in [1.54, 1.807) is 67.6 Å². The predicted molar refractivity (Wildman–Crippen MR) is 138 cm³/mol. The van der Waals surface area contributed by atoms with Crippen molar-refractivity contribution in [2.75, 3.05) is 13.2 Å². The van der Waals surface area contributed by atoms with Crippen LogP contribution in [-0.4, -0.2) is 99.6 Å². The zero-order valence-electron chi connectivity index (χ0n) is 22.7. The molecule has 0 radical (unpaired) electrons. The summed E-state index contributed by atoms with van der Waals surface area (Å²) in [5.41, 5.74) is -2.88. The molecule has 0 unspecified atom stereocenters. The minimum Gasteiger partial charge on any atom is -0.461 e. The molecule has 42 heavy (non-hydrogen) atoms. The molecule has 11 atom stereocenters. The Morgan fingerprint density at radius 1 is 0.881 bits per heavy atom. The molecular formula is C30H32O12. The molecule has 7 fully saturated rings. The van der Waals surface area contributed by atoms with Crippen LogP contribution in [0.5, 0.6) is 0 Å². The third-order valence-corrected chi connectivity index (χ3v) is 9.78. The van der Waals surface area contributed by atoms with Crippen LogP contribution in [0.25, 0.3) is 0 Å². The van der Waals surface area contributed by atoms with Crippen LogP contribution < -0.4 is 0 Å². The number of esters is 2. The smallest absolute Gasteiger partial charge is 0.338 e. The molecule has 0 amide bonds. The SMILES string of the molecule is C[C@@]12C[C@@]3(O)O[C@H](O1)[C@@]1(COC(=O)c4ccccc4)[C@@H]3C[C@]12O[C@H]1O[C@H](COC(=O)c2ccccc2)[C@H](O)[C@H](O)[C@H]1O. The van der Waals surface area contributed by atoms with E-state index in [1.807, 2.05) is 0 Å². The van der Waals surface area contributed by atoms with E-state index in [4.69, 9.17) is 28.4 Å². The molecule has 3 saturated carbocycles. The molecule has 12 nitrogen and oxygen atoms in total. The highest BCUT2D eigenvalue weighted by Gasteiger charge is 2.94. The first-order valence-electron chi connectivity index (χ1n) is 13.9. The summed E-state index contributed by atoms with van der Waals surface area (Å²) in [6.45, 7) is 1.12. The summed E-state index contributed by atoms with van der Waals surface area (Å²) in [6.07, 6.45) is -8.34. The van der Waals surface area contributed by atoms with Crippen molar-refractivity contribution in [3.63, 3.8) is 0 Å². The van der Waals surface area contributed by atoms with Crippen LogP contribution in [0.1, 0.15) is 40.5 Å². The molecule has 0 spiro atoms. The molecule has 4 saturated heterocycles. The molecule has 4 heterocycles. The van der Waals surface area contributed by atoms with E-state index >= 15 is 0 Å². The van der Waals surface area contributed by atoms with Gasteiger partial charge < -0.3 is 48.8 Å². The first kappa shape index (κ1) is 27.9. The van der Waals surface area contributed by atoms with E-state index in [9.17, 15) is 30.0 Å². The molecule has 2 aromatic carbocycles. The van der Waals surface area contributed by atoms with E-state index < -0.39 is 83.9 Å². The van der Waals surface area contributed by atoms with Gasteiger partial charge in [-0.15, -0.1) is 0 Å². The maximum Gasteiger partial charge on any atom is 0.338 e. The van der Waals surface area contributed by atoms with E-state index in [1.165, 1.54) is 0 Å². The second kappa shape index (κ2) is 9.53. The number of hydrogen-bond acceptors (Lipinski definition) is 12. The number of aliphatic hydroxyl groups excluding tert-OH is 3. The van der Waals surface area contributed by atoms with Crippen LogP contribution in [0.3, 0.4) is 0 Å². The zero-order valence-corrected chi connectivity index (χ0v) is 22.7. The summed E-state index contributed by atoms with van der Waals surface area (Å²) in [7, 11) is 0. The van der Waals surface area contributed by atoms with E-state index in [2.05, 4.69) is 0 Å². The molecule has 0 aromatic heterocycles. The average Bonchev–Trinajstić information content (AvgIpc) is 3.18. The number of hydrogen-bond donors (Lipinski definition) is 4. The van der Waals surface area contributed by atoms with Gasteiger partial charge in [0.1, 0.15) is 48.8 Å². The lowest BCUT2D eigenvalue weighted by molar-refractivity contribution is -0.424. The second-order valence-corrected chi connectivity index (χ2v) is 12.0. The molecule has 7 aliphatic rings. The highest BCUT2D eigenvalue weighted by atomic mass is 16.8. The summed E-state index contributed by atoms with van der Waals surface area (Å²) in [5, 5.41) is 43.6. The third-order valence-electron chi connectivity index (χ3n) is 9.78. The maximum absolute atomic E-state index is 12.9. The Morgan fingerprint density at radius 3 is 2.14 bits per heavy atom. The lowest BCUT2D eigenvalue weighted by atomic mass is 9.41. The topological polar surface area (TPSA) is 170 Å². The maximum atomic E-state index is 12.9. The summed E-state index contributed by atoms with van der Waals surface area (Å²) in [4.78, 5) is 25.4. The predicted octanol–water partition coefficient (Wildman–Crippen LogP) is 0.507. The van der Waals surface area contributed by atoms with Gasteiger partial charge in [0.05, 0.1) is 16.5 Å². The number of aliphatic hydroxyl groups is 4. The van der Waals surface area contributed by atoms with Crippen molar-refractivity contribution < 1.29 is 58.4 Å². The Bertz CT molecular complexity index is 1370. The van der Waals surface area contributed by atoms with E-state index in [0.717, 1.165) is 0 Å². The molecule has 4 N–H and O–H groups in total. The normalized spacial score (nSPS) is 44.5. The van der Waals surface area contributed by atoms with Crippen molar-refractivity contribution in [2.24, 2.45) is 11.3 Å². The third kappa shape index (κ3) is 3.70. The van der Waals surface area contributed by atoms with Crippen LogP contribution in [0.2, 0.25) is 0 Å². The molecular weight excluding hydrogens is 552 g/mol. The Labute approximate surface area is 240 Å². The molecule has 9 rings (SSSR count). The lowest BCUT2D eigenvalue weighted by Crippen LogP contribution is -2.80. The van der Waals surface area contributed by atoms with Crippen molar-refractivity contribution >= 4 is 11.9 Å². The fourth-order valence-corrected chi connectivity index (χ4v) is 7.68. The standard InChI is InChI=1S/C30H32O12/c1-27-14-29(36)19-12-30(27,28(19,26(41-27)42-29)15-38-24(35)17-10-6-3-7-11-17)40-25-22(33)21(32)20(31)18(39-25)13-37-23(34)16-8-4-2-5-9-16/h2-11,18-22,25-26,31-33,36H,12-15H2,1H3/t18-,19+,20+,21+,22-,25-,26+,27+,28-,29-,30-/m1/s1. The van der Waals surface area contributed by atoms with Gasteiger partial charge in [-0.2, -0.15) is 0 Å². The van der Waals surface area contributed by atoms with Crippen molar-refractivity contribution in [1.29, 1.82) is 0 Å². The zero-order chi connectivity index (χ0) is 29.5. The van der Waals surface area contributed by atoms with Gasteiger partial charge in [-0.3, -0.25) is 0 Å². The van der Waals surface area contributed by atoms with Gasteiger partial charge >= 0.3 is 11.9 Å². The van der Waals surface area contributed by atoms with Gasteiger partial charge in [0.15, 0.2) is 18.4 Å². The second-order valence-electron chi connectivity index (χ2n) is 12.0. The molecule has 6 bridgehead atoms. The number of carbonyl (C=O) groups is 2. The van der Waals surface area contributed by atoms with E-state index in [0.29, 0.717) is 11.1 Å². The van der Waals surface area contributed by atoms with Gasteiger partial charge in [-0.25, -0.2) is 9.59 Å². The molecule has 224 valence electrons. The summed E-state index contributed by atoms with van der Waals surface area (Å²) >= 11 is 0. The van der Waals surface area contributed by atoms with Crippen molar-refractivity contribution in [1.82, 2.24) is 0 Å². The first-order chi connectivity index (χ1) is 20.0. The quantitative estimate of drug-likeness (QED) is 0.318. The van der Waals surface area contributed by atoms with Gasteiger partial charge in [0, 0.05) is 12.3 Å². The Kier molecular flexibility index (Phi) is 6.32. The fourth-order valence-electron chi connectivity index (χ4n) is 7.68. The van der Waals surface area contributed by atoms with Crippen LogP contribution in [0.15, 0.2) is 60.7 Å². The highest BCUT2D eigenvalue weighted by molar-refractivity contribution is 5.89. The minimum atomic E-state index is -1.69. The molecule has 3 aliphatic carbocycles. The minimum absolute atomic E-state index is 0.0572. The summed E-state index contributed by atoms with van der Waals surface area (Å²) in [5.74, 6) is -3.25. The van der Waals surface area contributed by atoms with Gasteiger partial charge in [-0.1, -0.05) is 36.4 Å². The van der Waals surface area contributed by atoms with E-state index in [-0.39, 0.29) is 19.4 Å². The van der Waals surface area contributed by atoms with Crippen molar-refractivity contribution in [2.45, 2.75) is 73.8 Å². The molecule has 12 heteroatoms. The number of rotatable bonds is 8. The fraction of sp³-hybridized carbons (Fsp3) is 0.533. The number of benzene rings is 2. The first-order valence-corrected chi connectivity index (χ1v) is 13.9. The monoisotopic (exact) mass is 584 g/mol. The Morgan fingerprint density at radius 2 is 1.50 bits per heavy atom. The van der Waals surface area contributed by atoms with Crippen LogP contribution in [0.4, 0.5) is 0 Å². The molecule has 2 aromatic rings. The number of carbonyl (C=O) groups excluding carboxylic acids is 2. The van der Waals surface area contributed by atoms with Gasteiger partial charge in [0.2, 0.25) is 0 Å². The number of ether oxygens (including phenoxy) is 6. The average molecular weight is 585 g/mol. The van der Waals surface area contributed by atoms with Crippen molar-refractivity contribution in [3.8, 4) is 0 Å². The van der Waals surface area contributed by atoms with Gasteiger partial charge in [-0.05, 0) is 37.6 Å². The highest BCUT2D eigenvalue weighted by Crippen LogP contribution is 2.81. The Hall–Kier alpha value is -2.94. The summed E-state index contributed by atoms with van der Waals surface area (Å²) < 4.78 is 35.7. The van der Waals surface area contributed by atoms with Crippen LogP contribution in [0, 0.1) is 11.3 Å². The van der Waals surface area contributed by atoms with Crippen LogP contribution >= 0.6 is 0 Å². The molecule has 4 aliphatic heterocycles. The van der Waals surface area contributed by atoms with Crippen molar-refractivity contribution in [3.05, 3.63) is 71.8 Å². The lowest BCUT2D eigenvalue weighted by Gasteiger charge is -2.67.